The van der Waals surface area contributed by atoms with Gasteiger partial charge in [0.25, 0.3) is 0 Å². The zero-order valence-electron chi connectivity index (χ0n) is 13.6. The molecule has 1 N–H and O–H groups in total. The van der Waals surface area contributed by atoms with Gasteiger partial charge in [0.15, 0.2) is 0 Å². The zero-order valence-corrected chi connectivity index (χ0v) is 14.3. The Balaban J connectivity index is 2.42. The summed E-state index contributed by atoms with van der Waals surface area (Å²) in [6.45, 7) is 3.11. The second-order valence-electron chi connectivity index (χ2n) is 6.09. The van der Waals surface area contributed by atoms with E-state index in [1.807, 2.05) is 6.07 Å². The van der Waals surface area contributed by atoms with Crippen LogP contribution in [0.5, 0.6) is 5.75 Å². The van der Waals surface area contributed by atoms with E-state index < -0.39 is 0 Å². The molecule has 0 radical (unpaired) electrons. The lowest BCUT2D eigenvalue weighted by Gasteiger charge is -2.44. The molecule has 1 aromatic carbocycles. The molecule has 118 valence electrons. The average Bonchev–Trinajstić information content (AvgIpc) is 2.96. The Bertz CT molecular complexity index is 470. The maximum atomic E-state index is 6.18. The Kier molecular flexibility index (Phi) is 5.53. The molecule has 1 atom stereocenters. The third-order valence-corrected chi connectivity index (χ3v) is 5.13. The fourth-order valence-electron chi connectivity index (χ4n) is 3.66. The first-order valence-corrected chi connectivity index (χ1v) is 8.17. The van der Waals surface area contributed by atoms with E-state index in [1.165, 1.54) is 31.2 Å². The normalized spacial score (nSPS) is 19.0. The molecule has 4 heteroatoms. The van der Waals surface area contributed by atoms with Crippen LogP contribution >= 0.6 is 11.6 Å². The Morgan fingerprint density at radius 2 is 2.00 bits per heavy atom. The van der Waals surface area contributed by atoms with Crippen molar-refractivity contribution in [1.82, 2.24) is 10.2 Å². The molecule has 21 heavy (non-hydrogen) atoms. The van der Waals surface area contributed by atoms with E-state index in [0.29, 0.717) is 11.1 Å². The lowest BCUT2D eigenvalue weighted by Crippen LogP contribution is -2.52. The Hall–Kier alpha value is -0.770. The molecule has 1 saturated carbocycles. The van der Waals surface area contributed by atoms with Gasteiger partial charge in [0.05, 0.1) is 18.2 Å². The number of nitrogens with zero attached hydrogens (tertiary/aromatic N) is 1. The minimum Gasteiger partial charge on any atom is -0.495 e. The van der Waals surface area contributed by atoms with E-state index in [9.17, 15) is 0 Å². The molecule has 2 rings (SSSR count). The van der Waals surface area contributed by atoms with Gasteiger partial charge in [-0.2, -0.15) is 0 Å². The first-order valence-electron chi connectivity index (χ1n) is 7.79. The van der Waals surface area contributed by atoms with Crippen LogP contribution in [-0.2, 0) is 0 Å². The summed E-state index contributed by atoms with van der Waals surface area (Å²) in [4.78, 5) is 2.40. The van der Waals surface area contributed by atoms with Gasteiger partial charge in [-0.25, -0.2) is 0 Å². The summed E-state index contributed by atoms with van der Waals surface area (Å²) in [5, 5.41) is 4.36. The van der Waals surface area contributed by atoms with Crippen LogP contribution in [0.1, 0.15) is 44.2 Å². The van der Waals surface area contributed by atoms with E-state index in [4.69, 9.17) is 16.3 Å². The fourth-order valence-corrected chi connectivity index (χ4v) is 3.85. The van der Waals surface area contributed by atoms with Gasteiger partial charge in [0.2, 0.25) is 0 Å². The van der Waals surface area contributed by atoms with E-state index >= 15 is 0 Å². The average molecular weight is 311 g/mol. The summed E-state index contributed by atoms with van der Waals surface area (Å²) in [7, 11) is 6.07. The van der Waals surface area contributed by atoms with Crippen LogP contribution in [0.3, 0.4) is 0 Å². The fraction of sp³-hybridized carbons (Fsp3) is 0.647. The molecular formula is C17H27ClN2O. The molecule has 1 aromatic rings. The molecule has 0 saturated heterocycles. The lowest BCUT2D eigenvalue weighted by molar-refractivity contribution is 0.105. The quantitative estimate of drug-likeness (QED) is 0.863. The molecule has 1 aliphatic rings. The topological polar surface area (TPSA) is 24.5 Å². The van der Waals surface area contributed by atoms with Crippen molar-refractivity contribution >= 4 is 11.6 Å². The van der Waals surface area contributed by atoms with Crippen molar-refractivity contribution in [3.8, 4) is 5.75 Å². The monoisotopic (exact) mass is 310 g/mol. The highest BCUT2D eigenvalue weighted by molar-refractivity contribution is 6.32. The van der Waals surface area contributed by atoms with Crippen molar-refractivity contribution in [3.63, 3.8) is 0 Å². The van der Waals surface area contributed by atoms with Crippen molar-refractivity contribution < 1.29 is 4.74 Å². The molecule has 3 nitrogen and oxygen atoms in total. The Morgan fingerprint density at radius 3 is 2.52 bits per heavy atom. The second-order valence-corrected chi connectivity index (χ2v) is 6.50. The van der Waals surface area contributed by atoms with Crippen LogP contribution < -0.4 is 10.1 Å². The van der Waals surface area contributed by atoms with E-state index in [1.54, 1.807) is 7.11 Å². The summed E-state index contributed by atoms with van der Waals surface area (Å²) in [5.74, 6) is 0.754. The first-order chi connectivity index (χ1) is 10.0. The molecule has 1 aliphatic carbocycles. The van der Waals surface area contributed by atoms with Gasteiger partial charge < -0.3 is 15.0 Å². The van der Waals surface area contributed by atoms with Crippen LogP contribution in [0, 0.1) is 0 Å². The smallest absolute Gasteiger partial charge is 0.137 e. The van der Waals surface area contributed by atoms with Crippen molar-refractivity contribution in [3.05, 3.63) is 28.8 Å². The van der Waals surface area contributed by atoms with E-state index in [0.717, 1.165) is 12.3 Å². The van der Waals surface area contributed by atoms with Crippen LogP contribution in [0.2, 0.25) is 5.02 Å². The maximum Gasteiger partial charge on any atom is 0.137 e. The minimum absolute atomic E-state index is 0.175. The highest BCUT2D eigenvalue weighted by Gasteiger charge is 2.43. The lowest BCUT2D eigenvalue weighted by atomic mass is 9.82. The molecule has 0 aliphatic heterocycles. The number of likely N-dealkylation sites (N-methyl/N-ethyl adjacent to an activating group) is 2. The third kappa shape index (κ3) is 3.20. The van der Waals surface area contributed by atoms with Crippen LogP contribution in [-0.4, -0.2) is 38.2 Å². The predicted octanol–water partition coefficient (Wildman–Crippen LogP) is 3.87. The van der Waals surface area contributed by atoms with Crippen molar-refractivity contribution in [2.24, 2.45) is 0 Å². The van der Waals surface area contributed by atoms with Crippen molar-refractivity contribution in [1.29, 1.82) is 0 Å². The van der Waals surface area contributed by atoms with Gasteiger partial charge in [-0.1, -0.05) is 37.4 Å². The number of methoxy groups -OCH3 is 1. The number of hydrogen-bond donors (Lipinski definition) is 1. The van der Waals surface area contributed by atoms with Crippen LogP contribution in [0.4, 0.5) is 0 Å². The van der Waals surface area contributed by atoms with Gasteiger partial charge in [0.1, 0.15) is 5.75 Å². The largest absolute Gasteiger partial charge is 0.495 e. The first kappa shape index (κ1) is 16.6. The summed E-state index contributed by atoms with van der Waals surface area (Å²) in [6.07, 6.45) is 5.04. The Labute approximate surface area is 133 Å². The standard InChI is InChI=1S/C17H27ClN2O/c1-5-19-16(17(20(2)3)10-6-7-11-17)13-8-9-14(18)15(12-13)21-4/h8-9,12,16,19H,5-7,10-11H2,1-4H3. The van der Waals surface area contributed by atoms with E-state index in [-0.39, 0.29) is 5.54 Å². The third-order valence-electron chi connectivity index (χ3n) is 4.81. The SMILES string of the molecule is CCNC(c1ccc(Cl)c(OC)c1)C1(N(C)C)CCCC1. The summed E-state index contributed by atoms with van der Waals surface area (Å²) in [5.41, 5.74) is 1.43. The molecule has 0 heterocycles. The van der Waals surface area contributed by atoms with Gasteiger partial charge in [-0.15, -0.1) is 0 Å². The minimum atomic E-state index is 0.175. The summed E-state index contributed by atoms with van der Waals surface area (Å²) >= 11 is 6.18. The number of ether oxygens (including phenoxy) is 1. The van der Waals surface area contributed by atoms with Gasteiger partial charge in [0, 0.05) is 5.54 Å². The number of hydrogen-bond acceptors (Lipinski definition) is 3. The molecule has 0 spiro atoms. The van der Waals surface area contributed by atoms with Crippen LogP contribution in [0.25, 0.3) is 0 Å². The zero-order chi connectivity index (χ0) is 15.5. The number of benzene rings is 1. The predicted molar refractivity (Wildman–Crippen MR) is 89.3 cm³/mol. The number of halogens is 1. The highest BCUT2D eigenvalue weighted by Crippen LogP contribution is 2.44. The molecule has 1 unspecified atom stereocenters. The highest BCUT2D eigenvalue weighted by atomic mass is 35.5. The molecule has 1 fully saturated rings. The number of rotatable bonds is 6. The van der Waals surface area contributed by atoms with Gasteiger partial charge in [-0.3, -0.25) is 0 Å². The summed E-state index contributed by atoms with van der Waals surface area (Å²) < 4.78 is 5.40. The number of nitrogens with one attached hydrogen (secondary N) is 1. The van der Waals surface area contributed by atoms with Crippen molar-refractivity contribution in [2.75, 3.05) is 27.7 Å². The van der Waals surface area contributed by atoms with Gasteiger partial charge in [-0.05, 0) is 51.2 Å². The van der Waals surface area contributed by atoms with Gasteiger partial charge >= 0.3 is 0 Å². The molecule has 0 aromatic heterocycles. The van der Waals surface area contributed by atoms with E-state index in [2.05, 4.69) is 43.4 Å². The molecule has 0 bridgehead atoms. The second kappa shape index (κ2) is 6.99. The molecular weight excluding hydrogens is 284 g/mol. The van der Waals surface area contributed by atoms with Crippen molar-refractivity contribution in [2.45, 2.75) is 44.2 Å². The van der Waals surface area contributed by atoms with Crippen LogP contribution in [0.15, 0.2) is 18.2 Å². The summed E-state index contributed by atoms with van der Waals surface area (Å²) in [6, 6.07) is 6.45. The maximum absolute atomic E-state index is 6.18. The molecule has 0 amide bonds. The Morgan fingerprint density at radius 1 is 1.33 bits per heavy atom.